The summed E-state index contributed by atoms with van der Waals surface area (Å²) in [5, 5.41) is 4.35. The molecule has 14 nitrogen and oxygen atoms in total. The first-order valence-corrected chi connectivity index (χ1v) is 36.7. The summed E-state index contributed by atoms with van der Waals surface area (Å²) in [5.41, 5.74) is 15.8. The Labute approximate surface area is 590 Å². The lowest BCUT2D eigenvalue weighted by atomic mass is 10.1. The van der Waals surface area contributed by atoms with E-state index in [4.69, 9.17) is 23.2 Å². The number of carbonyl (C=O) groups excluding carboxylic acids is 4. The monoisotopic (exact) mass is 1440 g/mol. The lowest BCUT2D eigenvalue weighted by molar-refractivity contribution is -0.629. The number of hydrogen-bond donors (Lipinski definition) is 0. The molecule has 2 unspecified atom stereocenters. The van der Waals surface area contributed by atoms with Crippen molar-refractivity contribution < 1.29 is 54.3 Å². The highest BCUT2D eigenvalue weighted by atomic mass is 35.5. The van der Waals surface area contributed by atoms with Crippen molar-refractivity contribution in [3.05, 3.63) is 285 Å². The molecule has 494 valence electrons. The van der Waals surface area contributed by atoms with Gasteiger partial charge in [0.2, 0.25) is 11.0 Å². The lowest BCUT2D eigenvalue weighted by Crippen LogP contribution is -2.28. The van der Waals surface area contributed by atoms with Crippen molar-refractivity contribution in [2.45, 2.75) is 51.1 Å². The molecular formula is C75H64Cl2N4O10S6. The van der Waals surface area contributed by atoms with Crippen LogP contribution in [0.15, 0.2) is 244 Å². The third kappa shape index (κ3) is 18.5. The number of aryl methyl sites for hydroxylation is 5. The zero-order valence-corrected chi connectivity index (χ0v) is 59.8. The van der Waals surface area contributed by atoms with Crippen molar-refractivity contribution in [3.63, 3.8) is 0 Å². The normalized spacial score (nSPS) is 13.5. The Morgan fingerprint density at radius 1 is 0.412 bits per heavy atom. The quantitative estimate of drug-likeness (QED) is 0.0712. The van der Waals surface area contributed by atoms with Gasteiger partial charge in [0.15, 0.2) is 0 Å². The van der Waals surface area contributed by atoms with E-state index in [0.29, 0.717) is 11.1 Å². The number of halogens is 2. The first-order chi connectivity index (χ1) is 46.3. The fraction of sp³-hybridized carbons (Fsp3) is 0.120. The maximum Gasteiger partial charge on any atom is 0.269 e. The molecule has 0 aliphatic carbocycles. The molecule has 0 radical (unpaired) electrons. The number of anilines is 2. The number of carbonyl (C=O) groups is 4. The van der Waals surface area contributed by atoms with Crippen molar-refractivity contribution in [1.82, 2.24) is 0 Å². The average molecular weight is 1440 g/mol. The van der Waals surface area contributed by atoms with Gasteiger partial charge in [-0.1, -0.05) is 190 Å². The SMILES string of the molecule is C[n+]1c(-c2ccc(C=O)cc2)sc2ccc(Cl)cc21.C[n+]1c(-c2ccc(C=O)cc2)sc2ccc(Cl)cc21.Cc1ccc(S(=O)(=O)[O-])cc1.Cc1ccc2c(c1)N(C)C(c1ccc(C=O)cc1)S2.Cc1ccc2c(c1)N(C)C(c1ccc(C=O)cc1)S2.O=S(=O)([O-])c1ccccc1. The van der Waals surface area contributed by atoms with E-state index in [1.807, 2.05) is 178 Å². The van der Waals surface area contributed by atoms with Crippen LogP contribution in [0.3, 0.4) is 0 Å². The second-order valence-electron chi connectivity index (χ2n) is 22.3. The fourth-order valence-electron chi connectivity index (χ4n) is 10.2. The van der Waals surface area contributed by atoms with Crippen LogP contribution in [0.1, 0.15) is 80.0 Å². The van der Waals surface area contributed by atoms with Gasteiger partial charge in [0.05, 0.1) is 32.3 Å². The van der Waals surface area contributed by atoms with E-state index in [1.165, 1.54) is 89.2 Å². The summed E-state index contributed by atoms with van der Waals surface area (Å²) in [7, 11) is -0.227. The summed E-state index contributed by atoms with van der Waals surface area (Å²) in [6.07, 6.45) is 3.48. The van der Waals surface area contributed by atoms with Crippen molar-refractivity contribution in [2.24, 2.45) is 14.1 Å². The first-order valence-electron chi connectivity index (χ1n) is 29.8. The molecule has 0 saturated heterocycles. The Balaban J connectivity index is 0.000000139. The molecule has 22 heteroatoms. The molecule has 0 spiro atoms. The summed E-state index contributed by atoms with van der Waals surface area (Å²) in [6, 6.07) is 68.8. The number of hydrogen-bond acceptors (Lipinski definition) is 16. The number of nitrogens with zero attached hydrogens (tertiary/aromatic N) is 4. The fourth-order valence-corrected chi connectivity index (χ4v) is 16.3. The molecule has 0 fully saturated rings. The third-order valence-corrected chi connectivity index (χ3v) is 22.9. The van der Waals surface area contributed by atoms with Crippen LogP contribution >= 0.6 is 69.4 Å². The molecule has 0 amide bonds. The van der Waals surface area contributed by atoms with Gasteiger partial charge in [0, 0.05) is 68.3 Å². The second kappa shape index (κ2) is 32.6. The topological polar surface area (TPSA) is 197 Å². The van der Waals surface area contributed by atoms with Crippen molar-refractivity contribution in [1.29, 1.82) is 0 Å². The number of aldehydes is 4. The minimum absolute atomic E-state index is 0.178. The summed E-state index contributed by atoms with van der Waals surface area (Å²) < 4.78 is 68.6. The number of thiazole rings is 2. The molecule has 14 rings (SSSR count). The van der Waals surface area contributed by atoms with E-state index in [2.05, 4.69) is 83.3 Å². The van der Waals surface area contributed by atoms with Crippen molar-refractivity contribution in [3.8, 4) is 21.1 Å². The number of aromatic nitrogens is 2. The maximum absolute atomic E-state index is 10.7. The van der Waals surface area contributed by atoms with Crippen LogP contribution < -0.4 is 18.9 Å². The molecule has 2 atom stereocenters. The van der Waals surface area contributed by atoms with Crippen molar-refractivity contribution >= 4 is 147 Å². The molecule has 10 aromatic carbocycles. The highest BCUT2D eigenvalue weighted by Gasteiger charge is 2.30. The molecule has 4 heterocycles. The summed E-state index contributed by atoms with van der Waals surface area (Å²) >= 11 is 19.2. The zero-order chi connectivity index (χ0) is 69.7. The third-order valence-electron chi connectivity index (χ3n) is 15.4. The number of rotatable bonds is 10. The van der Waals surface area contributed by atoms with Gasteiger partial charge in [-0.3, -0.25) is 19.2 Å². The summed E-state index contributed by atoms with van der Waals surface area (Å²) in [5.74, 6) is 0. The minimum atomic E-state index is -4.27. The number of thioether (sulfide) groups is 2. The van der Waals surface area contributed by atoms with Crippen LogP contribution in [0.2, 0.25) is 10.0 Å². The van der Waals surface area contributed by atoms with Gasteiger partial charge in [-0.05, 0) is 140 Å². The molecule has 97 heavy (non-hydrogen) atoms. The molecule has 2 aromatic heterocycles. The Kier molecular flexibility index (Phi) is 24.4. The lowest BCUT2D eigenvalue weighted by Gasteiger charge is -2.22. The zero-order valence-electron chi connectivity index (χ0n) is 53.4. The summed E-state index contributed by atoms with van der Waals surface area (Å²) in [4.78, 5) is 49.6. The van der Waals surface area contributed by atoms with Gasteiger partial charge in [0.1, 0.15) is 79.6 Å². The van der Waals surface area contributed by atoms with Crippen LogP contribution in [0.4, 0.5) is 11.4 Å². The van der Waals surface area contributed by atoms with Crippen LogP contribution in [0, 0.1) is 20.8 Å². The number of fused-ring (bicyclic) bond motifs is 4. The second-order valence-corrected chi connectivity index (χ2v) is 30.3. The summed E-state index contributed by atoms with van der Waals surface area (Å²) in [6.45, 7) is 6.05. The van der Waals surface area contributed by atoms with Gasteiger partial charge in [-0.2, -0.15) is 9.13 Å². The molecule has 2 aliphatic rings. The smallest absolute Gasteiger partial charge is 0.269 e. The Morgan fingerprint density at radius 2 is 0.742 bits per heavy atom. The minimum Gasteiger partial charge on any atom is -0.744 e. The molecule has 0 saturated carbocycles. The highest BCUT2D eigenvalue weighted by Crippen LogP contribution is 2.52. The van der Waals surface area contributed by atoms with E-state index < -0.39 is 20.2 Å². The van der Waals surface area contributed by atoms with E-state index in [1.54, 1.807) is 40.9 Å². The molecule has 12 aromatic rings. The van der Waals surface area contributed by atoms with E-state index in [9.17, 15) is 45.1 Å². The van der Waals surface area contributed by atoms with Crippen molar-refractivity contribution in [2.75, 3.05) is 23.9 Å². The largest absolute Gasteiger partial charge is 0.744 e. The first kappa shape index (κ1) is 72.6. The number of benzene rings is 10. The Bertz CT molecular complexity index is 4780. The molecule has 0 bridgehead atoms. The van der Waals surface area contributed by atoms with E-state index in [0.717, 1.165) is 84.1 Å². The molecule has 2 aliphatic heterocycles. The Hall–Kier alpha value is -8.64. The van der Waals surface area contributed by atoms with Gasteiger partial charge in [-0.15, -0.1) is 0 Å². The highest BCUT2D eigenvalue weighted by molar-refractivity contribution is 8.00. The van der Waals surface area contributed by atoms with Crippen LogP contribution in [-0.4, -0.2) is 65.2 Å². The predicted octanol–water partition coefficient (Wildman–Crippen LogP) is 17.3. The maximum atomic E-state index is 10.7. The van der Waals surface area contributed by atoms with Gasteiger partial charge in [-0.25, -0.2) is 16.8 Å². The average Bonchev–Trinajstić information content (AvgIpc) is 1.67. The van der Waals surface area contributed by atoms with Gasteiger partial charge >= 0.3 is 0 Å². The Morgan fingerprint density at radius 3 is 1.07 bits per heavy atom. The standard InChI is InChI=1S/2C16H15NOS.2C15H11ClNOS.C7H8O3S.C6H6O3S/c2*1-11-3-8-15-14(9-11)17(2)16(19-15)13-6-4-12(10-18)5-7-13;2*1-17-13-8-12(16)6-7-14(13)19-15(17)11-4-2-10(9-18)3-5-11;1-6-2-4-7(5-3-6)11(8,9)10;7-10(8,9)6-4-2-1-3-5-6/h2*3-10,16H,1-2H3;2*2-9H,1H3;2-5H,1H3,(H,8,9,10);1-5H,(H,7,8,9)/q;;2*+1;;/p-2. The molecule has 0 N–H and O–H groups in total. The van der Waals surface area contributed by atoms with Gasteiger partial charge in [0.25, 0.3) is 10.0 Å². The predicted molar refractivity (Wildman–Crippen MR) is 391 cm³/mol. The van der Waals surface area contributed by atoms with Crippen LogP contribution in [-0.2, 0) is 34.3 Å². The van der Waals surface area contributed by atoms with Gasteiger partial charge < -0.3 is 18.9 Å². The van der Waals surface area contributed by atoms with E-state index in [-0.39, 0.29) is 20.5 Å². The molecular weight excluding hydrogens is 1380 g/mol. The van der Waals surface area contributed by atoms with E-state index >= 15 is 0 Å². The van der Waals surface area contributed by atoms with Crippen LogP contribution in [0.5, 0.6) is 0 Å². The van der Waals surface area contributed by atoms with Crippen LogP contribution in [0.25, 0.3) is 41.6 Å².